The first kappa shape index (κ1) is 20.6. The number of hydrogen-bond acceptors (Lipinski definition) is 4. The average Bonchev–Trinajstić information content (AvgIpc) is 2.52. The summed E-state index contributed by atoms with van der Waals surface area (Å²) in [5, 5.41) is 7.48. The highest BCUT2D eigenvalue weighted by atomic mass is 19.1. The number of imide groups is 1. The van der Waals surface area contributed by atoms with Gasteiger partial charge in [0.2, 0.25) is 11.8 Å². The maximum Gasteiger partial charge on any atom is 0.321 e. The second-order valence-corrected chi connectivity index (χ2v) is 5.88. The van der Waals surface area contributed by atoms with E-state index in [1.54, 1.807) is 30.9 Å². The molecule has 4 amide bonds. The summed E-state index contributed by atoms with van der Waals surface area (Å²) in [5.74, 6) is -1.07. The van der Waals surface area contributed by atoms with Crippen molar-refractivity contribution in [2.75, 3.05) is 19.6 Å². The molecule has 0 saturated carbocycles. The van der Waals surface area contributed by atoms with Crippen molar-refractivity contribution in [3.05, 3.63) is 35.6 Å². The minimum atomic E-state index is -0.559. The maximum absolute atomic E-state index is 12.8. The van der Waals surface area contributed by atoms with Gasteiger partial charge in [-0.15, -0.1) is 0 Å². The number of hydrogen-bond donors (Lipinski definition) is 3. The molecule has 1 aromatic rings. The van der Waals surface area contributed by atoms with Gasteiger partial charge in [-0.25, -0.2) is 9.18 Å². The van der Waals surface area contributed by atoms with Crippen molar-refractivity contribution in [2.45, 2.75) is 33.4 Å². The Bertz CT molecular complexity index is 590. The summed E-state index contributed by atoms with van der Waals surface area (Å²) < 4.78 is 12.8. The lowest BCUT2D eigenvalue weighted by molar-refractivity contribution is -0.124. The molecule has 138 valence electrons. The fourth-order valence-corrected chi connectivity index (χ4v) is 2.01. The summed E-state index contributed by atoms with van der Waals surface area (Å²) in [6.07, 6.45) is 0. The normalized spacial score (nSPS) is 10.6. The van der Waals surface area contributed by atoms with Crippen molar-refractivity contribution in [2.24, 2.45) is 0 Å². The molecule has 0 aliphatic heterocycles. The standard InChI is InChI=1S/C17H25FN4O3/c1-4-22(11-16(24)21-17(25)20-12(2)3)10-15(23)19-9-13-5-7-14(18)8-6-13/h5-8,12H,4,9-11H2,1-3H3,(H,19,23)(H2,20,21,24,25). The lowest BCUT2D eigenvalue weighted by Crippen LogP contribution is -2.47. The SMILES string of the molecule is CCN(CC(=O)NCc1ccc(F)cc1)CC(=O)NC(=O)NC(C)C. The highest BCUT2D eigenvalue weighted by Crippen LogP contribution is 2.02. The molecule has 0 aromatic heterocycles. The van der Waals surface area contributed by atoms with Crippen LogP contribution < -0.4 is 16.0 Å². The quantitative estimate of drug-likeness (QED) is 0.651. The molecular weight excluding hydrogens is 327 g/mol. The van der Waals surface area contributed by atoms with Gasteiger partial charge >= 0.3 is 6.03 Å². The highest BCUT2D eigenvalue weighted by molar-refractivity contribution is 5.95. The number of nitrogens with zero attached hydrogens (tertiary/aromatic N) is 1. The van der Waals surface area contributed by atoms with E-state index in [4.69, 9.17) is 0 Å². The number of carbonyl (C=O) groups excluding carboxylic acids is 3. The summed E-state index contributed by atoms with van der Waals surface area (Å²) in [5.41, 5.74) is 0.779. The topological polar surface area (TPSA) is 90.5 Å². The number of likely N-dealkylation sites (N-methyl/N-ethyl adjacent to an activating group) is 1. The van der Waals surface area contributed by atoms with Crippen molar-refractivity contribution in [3.63, 3.8) is 0 Å². The van der Waals surface area contributed by atoms with E-state index < -0.39 is 11.9 Å². The summed E-state index contributed by atoms with van der Waals surface area (Å²) in [6.45, 7) is 6.10. The van der Waals surface area contributed by atoms with Crippen LogP contribution in [0.15, 0.2) is 24.3 Å². The van der Waals surface area contributed by atoms with Crippen molar-refractivity contribution < 1.29 is 18.8 Å². The lowest BCUT2D eigenvalue weighted by Gasteiger charge is -2.19. The molecule has 7 nitrogen and oxygen atoms in total. The van der Waals surface area contributed by atoms with E-state index in [0.717, 1.165) is 5.56 Å². The largest absolute Gasteiger partial charge is 0.351 e. The molecule has 0 heterocycles. The second kappa shape index (κ2) is 10.4. The van der Waals surface area contributed by atoms with Crippen molar-refractivity contribution in [1.82, 2.24) is 20.9 Å². The van der Waals surface area contributed by atoms with Gasteiger partial charge in [-0.1, -0.05) is 19.1 Å². The lowest BCUT2D eigenvalue weighted by atomic mass is 10.2. The third-order valence-electron chi connectivity index (χ3n) is 3.26. The molecular formula is C17H25FN4O3. The van der Waals surface area contributed by atoms with Crippen LogP contribution in [-0.4, -0.2) is 48.4 Å². The van der Waals surface area contributed by atoms with E-state index in [0.29, 0.717) is 6.54 Å². The highest BCUT2D eigenvalue weighted by Gasteiger charge is 2.15. The zero-order valence-electron chi connectivity index (χ0n) is 14.8. The Morgan fingerprint density at radius 3 is 2.24 bits per heavy atom. The molecule has 0 bridgehead atoms. The molecule has 0 aliphatic rings. The molecule has 0 fully saturated rings. The number of urea groups is 1. The van der Waals surface area contributed by atoms with E-state index in [1.165, 1.54) is 12.1 Å². The predicted molar refractivity (Wildman–Crippen MR) is 92.2 cm³/mol. The van der Waals surface area contributed by atoms with Crippen molar-refractivity contribution in [1.29, 1.82) is 0 Å². The molecule has 8 heteroatoms. The van der Waals surface area contributed by atoms with Gasteiger partial charge in [0.25, 0.3) is 0 Å². The number of amides is 4. The van der Waals surface area contributed by atoms with E-state index in [1.807, 2.05) is 6.92 Å². The molecule has 25 heavy (non-hydrogen) atoms. The Morgan fingerprint density at radius 1 is 1.08 bits per heavy atom. The van der Waals surface area contributed by atoms with Gasteiger partial charge in [0.1, 0.15) is 5.82 Å². The first-order valence-electron chi connectivity index (χ1n) is 8.14. The van der Waals surface area contributed by atoms with Gasteiger partial charge < -0.3 is 10.6 Å². The van der Waals surface area contributed by atoms with Crippen LogP contribution in [-0.2, 0) is 16.1 Å². The van der Waals surface area contributed by atoms with Crippen LogP contribution in [0.2, 0.25) is 0 Å². The number of carbonyl (C=O) groups is 3. The van der Waals surface area contributed by atoms with E-state index in [2.05, 4.69) is 16.0 Å². The van der Waals surface area contributed by atoms with Crippen LogP contribution in [0.25, 0.3) is 0 Å². The van der Waals surface area contributed by atoms with Crippen LogP contribution >= 0.6 is 0 Å². The maximum atomic E-state index is 12.8. The third-order valence-corrected chi connectivity index (χ3v) is 3.26. The Labute approximate surface area is 147 Å². The Balaban J connectivity index is 2.38. The van der Waals surface area contributed by atoms with Crippen LogP contribution in [0.1, 0.15) is 26.3 Å². The Morgan fingerprint density at radius 2 is 1.68 bits per heavy atom. The molecule has 0 saturated heterocycles. The first-order valence-corrected chi connectivity index (χ1v) is 8.14. The molecule has 0 aliphatic carbocycles. The van der Waals surface area contributed by atoms with Gasteiger partial charge in [-0.3, -0.25) is 19.8 Å². The van der Waals surface area contributed by atoms with Crippen LogP contribution in [0, 0.1) is 5.82 Å². The van der Waals surface area contributed by atoms with Gasteiger partial charge in [0.05, 0.1) is 13.1 Å². The van der Waals surface area contributed by atoms with Crippen molar-refractivity contribution in [3.8, 4) is 0 Å². The smallest absolute Gasteiger partial charge is 0.321 e. The molecule has 1 aromatic carbocycles. The first-order chi connectivity index (χ1) is 11.8. The molecule has 0 radical (unpaired) electrons. The number of rotatable bonds is 8. The number of nitrogens with one attached hydrogen (secondary N) is 3. The third kappa shape index (κ3) is 8.80. The minimum absolute atomic E-state index is 0.0247. The molecule has 1 rings (SSSR count). The second-order valence-electron chi connectivity index (χ2n) is 5.88. The molecule has 3 N–H and O–H groups in total. The average molecular weight is 352 g/mol. The monoisotopic (exact) mass is 352 g/mol. The van der Waals surface area contributed by atoms with E-state index in [-0.39, 0.29) is 37.4 Å². The molecule has 0 unspecified atom stereocenters. The Hall–Kier alpha value is -2.48. The zero-order valence-corrected chi connectivity index (χ0v) is 14.8. The van der Waals surface area contributed by atoms with E-state index >= 15 is 0 Å². The van der Waals surface area contributed by atoms with Gasteiger partial charge in [0.15, 0.2) is 0 Å². The van der Waals surface area contributed by atoms with Crippen LogP contribution in [0.4, 0.5) is 9.18 Å². The van der Waals surface area contributed by atoms with Crippen LogP contribution in [0.5, 0.6) is 0 Å². The van der Waals surface area contributed by atoms with Crippen LogP contribution in [0.3, 0.4) is 0 Å². The number of halogens is 1. The van der Waals surface area contributed by atoms with Crippen molar-refractivity contribution >= 4 is 17.8 Å². The fraction of sp³-hybridized carbons (Fsp3) is 0.471. The summed E-state index contributed by atoms with van der Waals surface area (Å²) in [7, 11) is 0. The Kier molecular flexibility index (Phi) is 8.55. The zero-order chi connectivity index (χ0) is 18.8. The van der Waals surface area contributed by atoms with E-state index in [9.17, 15) is 18.8 Å². The predicted octanol–water partition coefficient (Wildman–Crippen LogP) is 0.998. The van der Waals surface area contributed by atoms with Gasteiger partial charge in [-0.2, -0.15) is 0 Å². The van der Waals surface area contributed by atoms with Gasteiger partial charge in [-0.05, 0) is 38.1 Å². The number of benzene rings is 1. The van der Waals surface area contributed by atoms with Gasteiger partial charge in [0, 0.05) is 12.6 Å². The summed E-state index contributed by atoms with van der Waals surface area (Å²) in [4.78, 5) is 36.9. The summed E-state index contributed by atoms with van der Waals surface area (Å²) in [6, 6.07) is 5.20. The summed E-state index contributed by atoms with van der Waals surface area (Å²) >= 11 is 0. The fourth-order valence-electron chi connectivity index (χ4n) is 2.01. The molecule has 0 atom stereocenters. The minimum Gasteiger partial charge on any atom is -0.351 e. The molecule has 0 spiro atoms.